The number of nitrogens with zero attached hydrogens (tertiary/aromatic N) is 1. The van der Waals surface area contributed by atoms with Crippen LogP contribution in [0.15, 0.2) is 54.7 Å². The third kappa shape index (κ3) is 5.51. The topological polar surface area (TPSA) is 92.3 Å². The van der Waals surface area contributed by atoms with E-state index < -0.39 is 0 Å². The van der Waals surface area contributed by atoms with Crippen molar-refractivity contribution >= 4 is 22.3 Å². The number of fused-ring (bicyclic) bond motifs is 1. The first-order chi connectivity index (χ1) is 19.6. The minimum atomic E-state index is 0.116. The second kappa shape index (κ2) is 12.2. The fraction of sp³-hybridized carbons (Fsp3) is 0.323. The van der Waals surface area contributed by atoms with Crippen LogP contribution < -0.4 is 39.1 Å². The van der Waals surface area contributed by atoms with Crippen LogP contribution in [0.3, 0.4) is 0 Å². The van der Waals surface area contributed by atoms with Crippen molar-refractivity contribution in [3.63, 3.8) is 0 Å². The lowest BCUT2D eigenvalue weighted by atomic mass is 9.97. The molecule has 0 atom stereocenters. The molecule has 1 fully saturated rings. The van der Waals surface area contributed by atoms with E-state index in [2.05, 4.69) is 15.6 Å². The number of ether oxygens (including phenoxy) is 6. The average molecular weight is 546 g/mol. The highest BCUT2D eigenvalue weighted by atomic mass is 16.5. The van der Waals surface area contributed by atoms with Crippen LogP contribution in [0, 0.1) is 0 Å². The van der Waals surface area contributed by atoms with Crippen molar-refractivity contribution < 1.29 is 28.4 Å². The van der Waals surface area contributed by atoms with Crippen molar-refractivity contribution in [1.29, 1.82) is 0 Å². The molecule has 40 heavy (non-hydrogen) atoms. The standard InChI is InChI=1S/C31H35N3O6/c1-35-24-9-7-21(16-26(24)36-2)34-29-17-23-19(18-33-29)6-8-25(40-22-10-12-32-13-11-22)30(23)20-14-27(37-3)31(39-5)28(15-20)38-4/h6-9,14-18,22,32H,10-13H2,1-5H3,(H,33,34). The number of piperidine rings is 1. The molecule has 2 N–H and O–H groups in total. The van der Waals surface area contributed by atoms with Gasteiger partial charge in [0.05, 0.1) is 35.5 Å². The largest absolute Gasteiger partial charge is 0.493 e. The quantitative estimate of drug-likeness (QED) is 0.256. The Morgan fingerprint density at radius 2 is 1.40 bits per heavy atom. The number of rotatable bonds is 10. The van der Waals surface area contributed by atoms with E-state index in [9.17, 15) is 0 Å². The van der Waals surface area contributed by atoms with Crippen molar-refractivity contribution in [2.24, 2.45) is 0 Å². The van der Waals surface area contributed by atoms with Crippen LogP contribution in [-0.2, 0) is 0 Å². The number of methoxy groups -OCH3 is 5. The molecule has 0 unspecified atom stereocenters. The summed E-state index contributed by atoms with van der Waals surface area (Å²) in [6.07, 6.45) is 3.85. The van der Waals surface area contributed by atoms with Gasteiger partial charge in [-0.3, -0.25) is 0 Å². The zero-order valence-electron chi connectivity index (χ0n) is 23.5. The number of hydrogen-bond donors (Lipinski definition) is 2. The van der Waals surface area contributed by atoms with Crippen molar-refractivity contribution in [1.82, 2.24) is 10.3 Å². The Labute approximate surface area is 234 Å². The van der Waals surface area contributed by atoms with E-state index in [0.717, 1.165) is 59.3 Å². The van der Waals surface area contributed by atoms with Crippen LogP contribution in [-0.4, -0.2) is 59.7 Å². The molecule has 0 radical (unpaired) electrons. The van der Waals surface area contributed by atoms with Gasteiger partial charge < -0.3 is 39.1 Å². The molecule has 4 aromatic rings. The molecule has 210 valence electrons. The molecule has 0 aliphatic carbocycles. The monoisotopic (exact) mass is 545 g/mol. The molecule has 1 aliphatic heterocycles. The number of benzene rings is 3. The van der Waals surface area contributed by atoms with Gasteiger partial charge in [-0.05, 0) is 79.3 Å². The van der Waals surface area contributed by atoms with E-state index in [4.69, 9.17) is 28.4 Å². The van der Waals surface area contributed by atoms with E-state index in [1.54, 1.807) is 35.5 Å². The normalized spacial score (nSPS) is 13.5. The van der Waals surface area contributed by atoms with Gasteiger partial charge in [-0.1, -0.05) is 0 Å². The number of pyridine rings is 1. The van der Waals surface area contributed by atoms with E-state index in [1.165, 1.54) is 0 Å². The number of aromatic nitrogens is 1. The van der Waals surface area contributed by atoms with Crippen LogP contribution in [0.1, 0.15) is 12.8 Å². The minimum absolute atomic E-state index is 0.116. The van der Waals surface area contributed by atoms with Crippen molar-refractivity contribution in [2.45, 2.75) is 18.9 Å². The number of anilines is 2. The predicted octanol–water partition coefficient (Wildman–Crippen LogP) is 5.82. The molecular formula is C31H35N3O6. The number of nitrogens with one attached hydrogen (secondary N) is 2. The Kier molecular flexibility index (Phi) is 8.31. The first kappa shape index (κ1) is 27.2. The lowest BCUT2D eigenvalue weighted by Gasteiger charge is -2.26. The molecule has 0 amide bonds. The molecule has 2 heterocycles. The molecule has 0 spiro atoms. The van der Waals surface area contributed by atoms with Gasteiger partial charge in [-0.25, -0.2) is 4.98 Å². The van der Waals surface area contributed by atoms with Crippen LogP contribution in [0.5, 0.6) is 34.5 Å². The summed E-state index contributed by atoms with van der Waals surface area (Å²) in [4.78, 5) is 4.67. The van der Waals surface area contributed by atoms with Crippen LogP contribution >= 0.6 is 0 Å². The van der Waals surface area contributed by atoms with E-state index in [0.29, 0.717) is 34.6 Å². The van der Waals surface area contributed by atoms with Crippen molar-refractivity contribution in [3.05, 3.63) is 54.7 Å². The first-order valence-corrected chi connectivity index (χ1v) is 13.2. The molecule has 3 aromatic carbocycles. The molecule has 1 aromatic heterocycles. The fourth-order valence-corrected chi connectivity index (χ4v) is 5.04. The Balaban J connectivity index is 1.65. The van der Waals surface area contributed by atoms with Gasteiger partial charge in [-0.15, -0.1) is 0 Å². The summed E-state index contributed by atoms with van der Waals surface area (Å²) in [6, 6.07) is 15.6. The molecule has 9 nitrogen and oxygen atoms in total. The first-order valence-electron chi connectivity index (χ1n) is 13.2. The highest BCUT2D eigenvalue weighted by Crippen LogP contribution is 2.46. The summed E-state index contributed by atoms with van der Waals surface area (Å²) in [5.74, 6) is 4.42. The second-order valence-corrected chi connectivity index (χ2v) is 9.41. The summed E-state index contributed by atoms with van der Waals surface area (Å²) in [6.45, 7) is 1.86. The van der Waals surface area contributed by atoms with E-state index in [-0.39, 0.29) is 6.10 Å². The molecule has 9 heteroatoms. The molecule has 1 saturated heterocycles. The Morgan fingerprint density at radius 1 is 0.725 bits per heavy atom. The SMILES string of the molecule is COc1ccc(Nc2cc3c(-c4cc(OC)c(OC)c(OC)c4)c(OC4CCNCC4)ccc3cn2)cc1OC. The maximum atomic E-state index is 6.64. The van der Waals surface area contributed by atoms with Crippen molar-refractivity contribution in [2.75, 3.05) is 54.0 Å². The zero-order valence-corrected chi connectivity index (χ0v) is 23.5. The third-order valence-corrected chi connectivity index (χ3v) is 7.05. The highest BCUT2D eigenvalue weighted by Gasteiger charge is 2.22. The minimum Gasteiger partial charge on any atom is -0.493 e. The second-order valence-electron chi connectivity index (χ2n) is 9.41. The highest BCUT2D eigenvalue weighted by molar-refractivity contribution is 6.01. The van der Waals surface area contributed by atoms with Gasteiger partial charge in [-0.2, -0.15) is 0 Å². The average Bonchev–Trinajstić information content (AvgIpc) is 3.00. The van der Waals surface area contributed by atoms with Gasteiger partial charge in [0.1, 0.15) is 17.7 Å². The van der Waals surface area contributed by atoms with E-state index in [1.807, 2.05) is 54.7 Å². The smallest absolute Gasteiger partial charge is 0.203 e. The maximum absolute atomic E-state index is 6.64. The molecular weight excluding hydrogens is 510 g/mol. The predicted molar refractivity (Wildman–Crippen MR) is 156 cm³/mol. The maximum Gasteiger partial charge on any atom is 0.203 e. The summed E-state index contributed by atoms with van der Waals surface area (Å²) in [5, 5.41) is 8.75. The van der Waals surface area contributed by atoms with Gasteiger partial charge in [0.15, 0.2) is 23.0 Å². The van der Waals surface area contributed by atoms with Gasteiger partial charge >= 0.3 is 0 Å². The van der Waals surface area contributed by atoms with Crippen LogP contribution in [0.2, 0.25) is 0 Å². The summed E-state index contributed by atoms with van der Waals surface area (Å²) in [7, 11) is 8.06. The Hall–Kier alpha value is -4.37. The Morgan fingerprint density at radius 3 is 2.05 bits per heavy atom. The van der Waals surface area contributed by atoms with Gasteiger partial charge in [0.25, 0.3) is 0 Å². The lowest BCUT2D eigenvalue weighted by molar-refractivity contribution is 0.163. The fourth-order valence-electron chi connectivity index (χ4n) is 5.04. The van der Waals surface area contributed by atoms with Crippen molar-refractivity contribution in [3.8, 4) is 45.6 Å². The van der Waals surface area contributed by atoms with Gasteiger partial charge in [0, 0.05) is 28.9 Å². The van der Waals surface area contributed by atoms with Crippen LogP contribution in [0.25, 0.3) is 21.9 Å². The summed E-state index contributed by atoms with van der Waals surface area (Å²) in [5.41, 5.74) is 2.63. The zero-order chi connectivity index (χ0) is 28.1. The summed E-state index contributed by atoms with van der Waals surface area (Å²) < 4.78 is 34.4. The molecule has 1 aliphatic rings. The van der Waals surface area contributed by atoms with Gasteiger partial charge in [0.2, 0.25) is 5.75 Å². The number of hydrogen-bond acceptors (Lipinski definition) is 9. The lowest BCUT2D eigenvalue weighted by Crippen LogP contribution is -2.34. The summed E-state index contributed by atoms with van der Waals surface area (Å²) >= 11 is 0. The third-order valence-electron chi connectivity index (χ3n) is 7.05. The Bertz CT molecular complexity index is 1460. The van der Waals surface area contributed by atoms with Crippen LogP contribution in [0.4, 0.5) is 11.5 Å². The molecule has 0 saturated carbocycles. The van der Waals surface area contributed by atoms with E-state index >= 15 is 0 Å². The molecule has 5 rings (SSSR count). The molecule has 0 bridgehead atoms.